The highest BCUT2D eigenvalue weighted by Crippen LogP contribution is 2.25. The molecule has 0 saturated carbocycles. The molecule has 0 heterocycles. The fourth-order valence-electron chi connectivity index (χ4n) is 2.11. The van der Waals surface area contributed by atoms with Crippen molar-refractivity contribution in [1.82, 2.24) is 5.32 Å². The van der Waals surface area contributed by atoms with Gasteiger partial charge in [-0.15, -0.1) is 0 Å². The third kappa shape index (κ3) is 4.13. The van der Waals surface area contributed by atoms with Crippen LogP contribution in [0.25, 0.3) is 0 Å². The van der Waals surface area contributed by atoms with Crippen LogP contribution >= 0.6 is 0 Å². The molecule has 0 aromatic heterocycles. The Bertz CT molecular complexity index is 584. The number of rotatable bonds is 7. The molecule has 0 saturated heterocycles. The molecule has 0 aliphatic rings. The van der Waals surface area contributed by atoms with Gasteiger partial charge in [0.15, 0.2) is 0 Å². The van der Waals surface area contributed by atoms with E-state index in [1.807, 2.05) is 43.4 Å². The maximum atomic E-state index is 5.86. The maximum absolute atomic E-state index is 5.86. The predicted molar refractivity (Wildman–Crippen MR) is 83.1 cm³/mol. The SMILES string of the molecule is CNCc1cccc(OCc2cc(OC)ccc2OC)c1. The minimum atomic E-state index is 0.434. The van der Waals surface area contributed by atoms with Crippen molar-refractivity contribution in [3.05, 3.63) is 53.6 Å². The average Bonchev–Trinajstić information content (AvgIpc) is 2.53. The second-order valence-corrected chi connectivity index (χ2v) is 4.64. The molecule has 0 aliphatic carbocycles. The van der Waals surface area contributed by atoms with Crippen LogP contribution < -0.4 is 19.5 Å². The van der Waals surface area contributed by atoms with Gasteiger partial charge in [0.2, 0.25) is 0 Å². The van der Waals surface area contributed by atoms with Gasteiger partial charge in [-0.2, -0.15) is 0 Å². The first-order valence-corrected chi connectivity index (χ1v) is 6.84. The molecular weight excluding hydrogens is 266 g/mol. The zero-order valence-electron chi connectivity index (χ0n) is 12.7. The van der Waals surface area contributed by atoms with Crippen LogP contribution in [0.3, 0.4) is 0 Å². The van der Waals surface area contributed by atoms with Crippen LogP contribution in [0.5, 0.6) is 17.2 Å². The Labute approximate surface area is 125 Å². The van der Waals surface area contributed by atoms with Gasteiger partial charge < -0.3 is 19.5 Å². The molecule has 0 unspecified atom stereocenters. The quantitative estimate of drug-likeness (QED) is 0.850. The van der Waals surface area contributed by atoms with E-state index in [2.05, 4.69) is 11.4 Å². The summed E-state index contributed by atoms with van der Waals surface area (Å²) in [5.41, 5.74) is 2.14. The molecule has 1 N–H and O–H groups in total. The number of ether oxygens (including phenoxy) is 3. The summed E-state index contributed by atoms with van der Waals surface area (Å²) in [7, 11) is 5.22. The number of benzene rings is 2. The number of methoxy groups -OCH3 is 2. The van der Waals surface area contributed by atoms with Crippen LogP contribution in [-0.4, -0.2) is 21.3 Å². The molecule has 112 valence electrons. The molecule has 4 heteroatoms. The van der Waals surface area contributed by atoms with E-state index in [0.29, 0.717) is 6.61 Å². The summed E-state index contributed by atoms with van der Waals surface area (Å²) in [5.74, 6) is 2.42. The fourth-order valence-corrected chi connectivity index (χ4v) is 2.11. The summed E-state index contributed by atoms with van der Waals surface area (Å²) < 4.78 is 16.4. The zero-order valence-corrected chi connectivity index (χ0v) is 12.7. The molecule has 2 rings (SSSR count). The first kappa shape index (κ1) is 15.2. The molecule has 0 aliphatic heterocycles. The van der Waals surface area contributed by atoms with Gasteiger partial charge in [0.05, 0.1) is 14.2 Å². The first-order valence-electron chi connectivity index (χ1n) is 6.84. The third-order valence-corrected chi connectivity index (χ3v) is 3.16. The van der Waals surface area contributed by atoms with Gasteiger partial charge in [0.25, 0.3) is 0 Å². The molecule has 0 bridgehead atoms. The van der Waals surface area contributed by atoms with Gasteiger partial charge >= 0.3 is 0 Å². The number of hydrogen-bond donors (Lipinski definition) is 1. The molecule has 4 nitrogen and oxygen atoms in total. The van der Waals surface area contributed by atoms with Crippen molar-refractivity contribution in [2.75, 3.05) is 21.3 Å². The summed E-state index contributed by atoms with van der Waals surface area (Å²) in [4.78, 5) is 0. The standard InChI is InChI=1S/C17H21NO3/c1-18-11-13-5-4-6-16(9-13)21-12-14-10-15(19-2)7-8-17(14)20-3/h4-10,18H,11-12H2,1-3H3. The second kappa shape index (κ2) is 7.55. The van der Waals surface area contributed by atoms with Gasteiger partial charge in [-0.1, -0.05) is 12.1 Å². The Kier molecular flexibility index (Phi) is 5.46. The Morgan fingerprint density at radius 3 is 2.52 bits per heavy atom. The Morgan fingerprint density at radius 2 is 1.81 bits per heavy atom. The van der Waals surface area contributed by atoms with Crippen LogP contribution in [0, 0.1) is 0 Å². The molecule has 0 spiro atoms. The summed E-state index contributed by atoms with van der Waals surface area (Å²) in [5, 5.41) is 3.13. The first-order chi connectivity index (χ1) is 10.3. The molecule has 2 aromatic rings. The van der Waals surface area contributed by atoms with E-state index in [4.69, 9.17) is 14.2 Å². The fraction of sp³-hybridized carbons (Fsp3) is 0.294. The predicted octanol–water partition coefficient (Wildman–Crippen LogP) is 3.00. The highest BCUT2D eigenvalue weighted by Gasteiger charge is 2.06. The van der Waals surface area contributed by atoms with Gasteiger partial charge in [0, 0.05) is 12.1 Å². The van der Waals surface area contributed by atoms with Crippen LogP contribution in [0.15, 0.2) is 42.5 Å². The number of nitrogens with one attached hydrogen (secondary N) is 1. The molecule has 2 aromatic carbocycles. The lowest BCUT2D eigenvalue weighted by atomic mass is 10.2. The van der Waals surface area contributed by atoms with Crippen molar-refractivity contribution >= 4 is 0 Å². The summed E-state index contributed by atoms with van der Waals surface area (Å²) in [6, 6.07) is 13.7. The molecule has 0 radical (unpaired) electrons. The number of hydrogen-bond acceptors (Lipinski definition) is 4. The summed E-state index contributed by atoms with van der Waals surface area (Å²) in [6.45, 7) is 1.25. The van der Waals surface area contributed by atoms with Crippen LogP contribution in [0.4, 0.5) is 0 Å². The summed E-state index contributed by atoms with van der Waals surface area (Å²) in [6.07, 6.45) is 0. The van der Waals surface area contributed by atoms with Crippen LogP contribution in [-0.2, 0) is 13.2 Å². The lowest BCUT2D eigenvalue weighted by molar-refractivity contribution is 0.295. The van der Waals surface area contributed by atoms with Gasteiger partial charge in [-0.25, -0.2) is 0 Å². The average molecular weight is 287 g/mol. The smallest absolute Gasteiger partial charge is 0.125 e. The van der Waals surface area contributed by atoms with Crippen molar-refractivity contribution in [3.8, 4) is 17.2 Å². The minimum Gasteiger partial charge on any atom is -0.497 e. The third-order valence-electron chi connectivity index (χ3n) is 3.16. The van der Waals surface area contributed by atoms with Crippen molar-refractivity contribution < 1.29 is 14.2 Å². The Hall–Kier alpha value is -2.20. The molecule has 0 atom stereocenters. The minimum absolute atomic E-state index is 0.434. The van der Waals surface area contributed by atoms with Gasteiger partial charge in [0.1, 0.15) is 23.9 Å². The van der Waals surface area contributed by atoms with Crippen LogP contribution in [0.1, 0.15) is 11.1 Å². The molecule has 0 amide bonds. The molecule has 0 fully saturated rings. The van der Waals surface area contributed by atoms with E-state index in [0.717, 1.165) is 29.4 Å². The monoisotopic (exact) mass is 287 g/mol. The zero-order chi connectivity index (χ0) is 15.1. The lowest BCUT2D eigenvalue weighted by Gasteiger charge is -2.12. The Morgan fingerprint density at radius 1 is 0.952 bits per heavy atom. The van der Waals surface area contributed by atoms with E-state index in [-0.39, 0.29) is 0 Å². The van der Waals surface area contributed by atoms with Crippen molar-refractivity contribution in [3.63, 3.8) is 0 Å². The van der Waals surface area contributed by atoms with E-state index in [1.165, 1.54) is 5.56 Å². The molecule has 21 heavy (non-hydrogen) atoms. The second-order valence-electron chi connectivity index (χ2n) is 4.64. The van der Waals surface area contributed by atoms with E-state index in [1.54, 1.807) is 14.2 Å². The lowest BCUT2D eigenvalue weighted by Crippen LogP contribution is -2.05. The van der Waals surface area contributed by atoms with Crippen molar-refractivity contribution in [2.45, 2.75) is 13.2 Å². The highest BCUT2D eigenvalue weighted by atomic mass is 16.5. The van der Waals surface area contributed by atoms with Gasteiger partial charge in [-0.05, 0) is 42.9 Å². The maximum Gasteiger partial charge on any atom is 0.125 e. The Balaban J connectivity index is 2.10. The normalized spacial score (nSPS) is 10.2. The van der Waals surface area contributed by atoms with Gasteiger partial charge in [-0.3, -0.25) is 0 Å². The van der Waals surface area contributed by atoms with Crippen molar-refractivity contribution in [1.29, 1.82) is 0 Å². The highest BCUT2D eigenvalue weighted by molar-refractivity contribution is 5.40. The van der Waals surface area contributed by atoms with E-state index in [9.17, 15) is 0 Å². The largest absolute Gasteiger partial charge is 0.497 e. The molecular formula is C17H21NO3. The van der Waals surface area contributed by atoms with E-state index < -0.39 is 0 Å². The van der Waals surface area contributed by atoms with Crippen molar-refractivity contribution in [2.24, 2.45) is 0 Å². The van der Waals surface area contributed by atoms with E-state index >= 15 is 0 Å². The topological polar surface area (TPSA) is 39.7 Å². The summed E-state index contributed by atoms with van der Waals surface area (Å²) >= 11 is 0. The van der Waals surface area contributed by atoms with Crippen LogP contribution in [0.2, 0.25) is 0 Å².